The third-order valence-electron chi connectivity index (χ3n) is 1.77. The smallest absolute Gasteiger partial charge is 0.186 e. The molecule has 0 bridgehead atoms. The van der Waals surface area contributed by atoms with E-state index in [1.54, 1.807) is 0 Å². The zero-order valence-corrected chi connectivity index (χ0v) is 10.5. The van der Waals surface area contributed by atoms with Crippen LogP contribution in [0.4, 0.5) is 5.82 Å². The normalized spacial score (nSPS) is 10.4. The lowest BCUT2D eigenvalue weighted by Gasteiger charge is -2.02. The highest BCUT2D eigenvalue weighted by atomic mass is 35.5. The molecule has 0 aromatic carbocycles. The van der Waals surface area contributed by atoms with Gasteiger partial charge in [-0.1, -0.05) is 18.0 Å². The van der Waals surface area contributed by atoms with Gasteiger partial charge in [-0.3, -0.25) is 0 Å². The van der Waals surface area contributed by atoms with Gasteiger partial charge in [0.2, 0.25) is 0 Å². The molecule has 0 aliphatic rings. The van der Waals surface area contributed by atoms with Gasteiger partial charge < -0.3 is 5.32 Å². The molecule has 0 radical (unpaired) electrons. The standard InChI is InChI=1S/C8H14ClN3S2/c1-13-6-4-2-3-5-10-8-7(9)11-14-12-8/h2-6H2,1H3,(H,10,12). The second-order valence-electron chi connectivity index (χ2n) is 2.88. The molecule has 1 N–H and O–H groups in total. The quantitative estimate of drug-likeness (QED) is 0.756. The van der Waals surface area contributed by atoms with Gasteiger partial charge in [0.05, 0.1) is 11.7 Å². The van der Waals surface area contributed by atoms with E-state index in [-0.39, 0.29) is 0 Å². The van der Waals surface area contributed by atoms with Crippen LogP contribution in [-0.2, 0) is 0 Å². The van der Waals surface area contributed by atoms with Gasteiger partial charge in [-0.25, -0.2) is 0 Å². The van der Waals surface area contributed by atoms with Crippen molar-refractivity contribution in [3.63, 3.8) is 0 Å². The number of aromatic nitrogens is 2. The molecule has 14 heavy (non-hydrogen) atoms. The van der Waals surface area contributed by atoms with Crippen LogP contribution in [0.25, 0.3) is 0 Å². The van der Waals surface area contributed by atoms with E-state index in [1.807, 2.05) is 11.8 Å². The van der Waals surface area contributed by atoms with Crippen LogP contribution in [0.3, 0.4) is 0 Å². The molecule has 0 aliphatic carbocycles. The van der Waals surface area contributed by atoms with Crippen LogP contribution >= 0.6 is 35.1 Å². The molecule has 80 valence electrons. The van der Waals surface area contributed by atoms with Gasteiger partial charge in [0.25, 0.3) is 0 Å². The van der Waals surface area contributed by atoms with Crippen molar-refractivity contribution in [2.24, 2.45) is 0 Å². The van der Waals surface area contributed by atoms with Crippen LogP contribution in [0.15, 0.2) is 0 Å². The molecule has 0 unspecified atom stereocenters. The average Bonchev–Trinajstić information content (AvgIpc) is 2.58. The van der Waals surface area contributed by atoms with E-state index < -0.39 is 0 Å². The van der Waals surface area contributed by atoms with Gasteiger partial charge in [-0.2, -0.15) is 20.5 Å². The monoisotopic (exact) mass is 251 g/mol. The van der Waals surface area contributed by atoms with Crippen LogP contribution in [0.1, 0.15) is 19.3 Å². The first-order valence-corrected chi connectivity index (χ1v) is 7.05. The molecule has 0 aliphatic heterocycles. The summed E-state index contributed by atoms with van der Waals surface area (Å²) in [5.74, 6) is 1.97. The average molecular weight is 252 g/mol. The Labute approximate surface area is 98.0 Å². The maximum atomic E-state index is 5.77. The first kappa shape index (κ1) is 12.1. The summed E-state index contributed by atoms with van der Waals surface area (Å²) >= 11 is 8.81. The number of nitrogens with one attached hydrogen (secondary N) is 1. The molecule has 0 fully saturated rings. The summed E-state index contributed by atoms with van der Waals surface area (Å²) in [6.07, 6.45) is 5.84. The largest absolute Gasteiger partial charge is 0.367 e. The highest BCUT2D eigenvalue weighted by molar-refractivity contribution is 7.98. The fraction of sp³-hybridized carbons (Fsp3) is 0.750. The number of rotatable bonds is 7. The Bertz CT molecular complexity index is 254. The van der Waals surface area contributed by atoms with E-state index in [9.17, 15) is 0 Å². The van der Waals surface area contributed by atoms with E-state index in [4.69, 9.17) is 11.6 Å². The van der Waals surface area contributed by atoms with Crippen LogP contribution < -0.4 is 5.32 Å². The van der Waals surface area contributed by atoms with E-state index in [0.717, 1.165) is 30.5 Å². The maximum Gasteiger partial charge on any atom is 0.186 e. The van der Waals surface area contributed by atoms with Crippen molar-refractivity contribution < 1.29 is 0 Å². The van der Waals surface area contributed by atoms with Gasteiger partial charge in [0, 0.05) is 6.54 Å². The summed E-state index contributed by atoms with van der Waals surface area (Å²) in [7, 11) is 0. The lowest BCUT2D eigenvalue weighted by atomic mass is 10.2. The molecule has 3 nitrogen and oxygen atoms in total. The van der Waals surface area contributed by atoms with Crippen molar-refractivity contribution in [3.8, 4) is 0 Å². The predicted octanol–water partition coefficient (Wildman–Crippen LogP) is 3.14. The minimum atomic E-state index is 0.485. The molecule has 6 heteroatoms. The topological polar surface area (TPSA) is 37.8 Å². The summed E-state index contributed by atoms with van der Waals surface area (Å²) in [5, 5.41) is 3.65. The molecule has 0 saturated heterocycles. The SMILES string of the molecule is CSCCCCCNc1nsnc1Cl. The number of unbranched alkanes of at least 4 members (excludes halogenated alkanes) is 2. The molecule has 0 atom stereocenters. The molecule has 0 saturated carbocycles. The van der Waals surface area contributed by atoms with Crippen molar-refractivity contribution in [1.29, 1.82) is 0 Å². The maximum absolute atomic E-state index is 5.77. The molecular weight excluding hydrogens is 238 g/mol. The van der Waals surface area contributed by atoms with Crippen LogP contribution in [0.5, 0.6) is 0 Å². The lowest BCUT2D eigenvalue weighted by Crippen LogP contribution is -2.02. The molecule has 1 aromatic heterocycles. The van der Waals surface area contributed by atoms with E-state index in [1.165, 1.54) is 18.6 Å². The lowest BCUT2D eigenvalue weighted by molar-refractivity contribution is 0.749. The Morgan fingerprint density at radius 2 is 2.21 bits per heavy atom. The molecule has 1 heterocycles. The Balaban J connectivity index is 2.02. The number of halogens is 1. The third kappa shape index (κ3) is 4.48. The fourth-order valence-electron chi connectivity index (χ4n) is 1.04. The molecule has 1 aromatic rings. The number of thioether (sulfide) groups is 1. The summed E-state index contributed by atoms with van der Waals surface area (Å²) in [5.41, 5.74) is 0. The van der Waals surface area contributed by atoms with E-state index in [2.05, 4.69) is 20.3 Å². The van der Waals surface area contributed by atoms with Gasteiger partial charge in [-0.15, -0.1) is 0 Å². The van der Waals surface area contributed by atoms with Gasteiger partial charge in [0.1, 0.15) is 0 Å². The molecule has 1 rings (SSSR count). The summed E-state index contributed by atoms with van der Waals surface area (Å²) < 4.78 is 7.91. The Morgan fingerprint density at radius 3 is 2.86 bits per heavy atom. The summed E-state index contributed by atoms with van der Waals surface area (Å²) in [6, 6.07) is 0. The number of nitrogens with zero attached hydrogens (tertiary/aromatic N) is 2. The first-order chi connectivity index (χ1) is 6.84. The van der Waals surface area contributed by atoms with Gasteiger partial charge in [-0.05, 0) is 24.9 Å². The van der Waals surface area contributed by atoms with Crippen molar-refractivity contribution in [2.75, 3.05) is 23.9 Å². The minimum absolute atomic E-state index is 0.485. The zero-order valence-electron chi connectivity index (χ0n) is 8.12. The highest BCUT2D eigenvalue weighted by Crippen LogP contribution is 2.17. The third-order valence-corrected chi connectivity index (χ3v) is 3.36. The molecular formula is C8H14ClN3S2. The number of hydrogen-bond acceptors (Lipinski definition) is 5. The minimum Gasteiger partial charge on any atom is -0.367 e. The van der Waals surface area contributed by atoms with Gasteiger partial charge >= 0.3 is 0 Å². The second-order valence-corrected chi connectivity index (χ2v) is 4.76. The Morgan fingerprint density at radius 1 is 1.36 bits per heavy atom. The summed E-state index contributed by atoms with van der Waals surface area (Å²) in [4.78, 5) is 0. The fourth-order valence-corrected chi connectivity index (χ4v) is 2.21. The van der Waals surface area contributed by atoms with Crippen molar-refractivity contribution in [2.45, 2.75) is 19.3 Å². The van der Waals surface area contributed by atoms with Crippen LogP contribution in [-0.4, -0.2) is 27.3 Å². The van der Waals surface area contributed by atoms with Gasteiger partial charge in [0.15, 0.2) is 11.0 Å². The van der Waals surface area contributed by atoms with E-state index in [0.29, 0.717) is 5.15 Å². The number of anilines is 1. The van der Waals surface area contributed by atoms with Crippen molar-refractivity contribution >= 4 is 40.9 Å². The Hall–Kier alpha value is -0.0000000000000000555. The zero-order chi connectivity index (χ0) is 10.2. The van der Waals surface area contributed by atoms with Crippen molar-refractivity contribution in [3.05, 3.63) is 5.15 Å². The van der Waals surface area contributed by atoms with Crippen LogP contribution in [0, 0.1) is 0 Å². The second kappa shape index (κ2) is 7.31. The van der Waals surface area contributed by atoms with Crippen LogP contribution in [0.2, 0.25) is 5.15 Å². The Kier molecular flexibility index (Phi) is 6.31. The molecule has 0 amide bonds. The van der Waals surface area contributed by atoms with Crippen molar-refractivity contribution in [1.82, 2.24) is 8.75 Å². The summed E-state index contributed by atoms with van der Waals surface area (Å²) in [6.45, 7) is 0.930. The predicted molar refractivity (Wildman–Crippen MR) is 65.6 cm³/mol. The highest BCUT2D eigenvalue weighted by Gasteiger charge is 2.02. The number of hydrogen-bond donors (Lipinski definition) is 1. The first-order valence-electron chi connectivity index (χ1n) is 4.55. The molecule has 0 spiro atoms. The van der Waals surface area contributed by atoms with E-state index >= 15 is 0 Å².